The van der Waals surface area contributed by atoms with E-state index in [9.17, 15) is 5.26 Å². The molecule has 0 aliphatic rings. The van der Waals surface area contributed by atoms with E-state index in [4.69, 9.17) is 0 Å². The molecule has 0 N–H and O–H groups in total. The molecule has 11 aromatic carbocycles. The second-order valence-electron chi connectivity index (χ2n) is 16.9. The number of aromatic nitrogens is 1. The lowest BCUT2D eigenvalue weighted by Gasteiger charge is -2.28. The normalized spacial score (nSPS) is 11.3. The van der Waals surface area contributed by atoms with Gasteiger partial charge in [-0.05, 0) is 142 Å². The van der Waals surface area contributed by atoms with E-state index < -0.39 is 0 Å². The molecule has 1 heterocycles. The van der Waals surface area contributed by atoms with E-state index in [1.807, 2.05) is 24.3 Å². The molecular formula is C63H42N4. The van der Waals surface area contributed by atoms with Gasteiger partial charge in [-0.3, -0.25) is 0 Å². The first kappa shape index (κ1) is 39.4. The van der Waals surface area contributed by atoms with Crippen LogP contribution in [0.15, 0.2) is 255 Å². The van der Waals surface area contributed by atoms with Gasteiger partial charge in [-0.15, -0.1) is 0 Å². The maximum Gasteiger partial charge on any atom is 0.0991 e. The maximum absolute atomic E-state index is 9.71. The fraction of sp³-hybridized carbons (Fsp3) is 0. The summed E-state index contributed by atoms with van der Waals surface area (Å²) in [5, 5.41) is 16.8. The lowest BCUT2D eigenvalue weighted by molar-refractivity contribution is 1.18. The van der Waals surface area contributed by atoms with E-state index in [2.05, 4.69) is 251 Å². The average Bonchev–Trinajstić information content (AvgIpc) is 3.74. The second-order valence-corrected chi connectivity index (χ2v) is 16.9. The zero-order valence-corrected chi connectivity index (χ0v) is 36.5. The van der Waals surface area contributed by atoms with E-state index in [0.717, 1.165) is 67.4 Å². The van der Waals surface area contributed by atoms with Crippen LogP contribution in [0.3, 0.4) is 0 Å². The van der Waals surface area contributed by atoms with Gasteiger partial charge in [0.2, 0.25) is 0 Å². The summed E-state index contributed by atoms with van der Waals surface area (Å²) in [6, 6.07) is 93.0. The van der Waals surface area contributed by atoms with Gasteiger partial charge in [0.1, 0.15) is 0 Å². The van der Waals surface area contributed by atoms with E-state index in [1.54, 1.807) is 0 Å². The van der Waals surface area contributed by atoms with Crippen LogP contribution in [0.5, 0.6) is 0 Å². The highest BCUT2D eigenvalue weighted by Gasteiger charge is 2.20. The molecule has 4 nitrogen and oxygen atoms in total. The van der Waals surface area contributed by atoms with Crippen LogP contribution in [0.1, 0.15) is 5.56 Å². The second kappa shape index (κ2) is 16.8. The van der Waals surface area contributed by atoms with Gasteiger partial charge in [0.15, 0.2) is 0 Å². The van der Waals surface area contributed by atoms with Gasteiger partial charge < -0.3 is 14.4 Å². The fourth-order valence-corrected chi connectivity index (χ4v) is 9.78. The molecule has 0 saturated carbocycles. The van der Waals surface area contributed by atoms with Gasteiger partial charge >= 0.3 is 0 Å². The van der Waals surface area contributed by atoms with Gasteiger partial charge in [0.05, 0.1) is 28.4 Å². The maximum atomic E-state index is 9.71. The minimum atomic E-state index is 0.624. The van der Waals surface area contributed by atoms with E-state index in [-0.39, 0.29) is 0 Å². The molecule has 0 bridgehead atoms. The lowest BCUT2D eigenvalue weighted by atomic mass is 9.95. The van der Waals surface area contributed by atoms with Crippen LogP contribution in [-0.2, 0) is 0 Å². The van der Waals surface area contributed by atoms with Crippen molar-refractivity contribution in [1.82, 2.24) is 4.57 Å². The van der Waals surface area contributed by atoms with Crippen molar-refractivity contribution in [1.29, 1.82) is 5.26 Å². The van der Waals surface area contributed by atoms with Crippen LogP contribution < -0.4 is 9.80 Å². The molecule has 0 spiro atoms. The van der Waals surface area contributed by atoms with Crippen molar-refractivity contribution in [3.05, 3.63) is 260 Å². The van der Waals surface area contributed by atoms with Gasteiger partial charge in [0.25, 0.3) is 0 Å². The fourth-order valence-electron chi connectivity index (χ4n) is 9.78. The molecule has 0 unspecified atom stereocenters. The summed E-state index contributed by atoms with van der Waals surface area (Å²) >= 11 is 0. The predicted molar refractivity (Wildman–Crippen MR) is 281 cm³/mol. The largest absolute Gasteiger partial charge is 0.310 e. The quantitative estimate of drug-likeness (QED) is 0.145. The van der Waals surface area contributed by atoms with Crippen LogP contribution in [-0.4, -0.2) is 4.57 Å². The minimum Gasteiger partial charge on any atom is -0.310 e. The Bertz CT molecular complexity index is 3790. The molecule has 0 aliphatic heterocycles. The molecule has 314 valence electrons. The van der Waals surface area contributed by atoms with Crippen molar-refractivity contribution in [3.8, 4) is 34.0 Å². The van der Waals surface area contributed by atoms with E-state index >= 15 is 0 Å². The van der Waals surface area contributed by atoms with E-state index in [1.165, 1.54) is 38.1 Å². The van der Waals surface area contributed by atoms with Gasteiger partial charge in [-0.2, -0.15) is 5.26 Å². The molecule has 12 aromatic rings. The summed E-state index contributed by atoms with van der Waals surface area (Å²) in [5.41, 5.74) is 15.0. The Morgan fingerprint density at radius 2 is 0.851 bits per heavy atom. The van der Waals surface area contributed by atoms with Crippen molar-refractivity contribution < 1.29 is 0 Å². The van der Waals surface area contributed by atoms with Crippen LogP contribution >= 0.6 is 0 Å². The summed E-state index contributed by atoms with van der Waals surface area (Å²) in [5.74, 6) is 0. The third-order valence-electron chi connectivity index (χ3n) is 13.0. The summed E-state index contributed by atoms with van der Waals surface area (Å²) in [4.78, 5) is 4.67. The van der Waals surface area contributed by atoms with Crippen molar-refractivity contribution in [2.75, 3.05) is 9.80 Å². The number of nitrogens with zero attached hydrogens (tertiary/aromatic N) is 4. The highest BCUT2D eigenvalue weighted by atomic mass is 15.1. The van der Waals surface area contributed by atoms with E-state index in [0.29, 0.717) is 5.56 Å². The van der Waals surface area contributed by atoms with Crippen LogP contribution in [0.2, 0.25) is 0 Å². The minimum absolute atomic E-state index is 0.624. The number of para-hydroxylation sites is 2. The summed E-state index contributed by atoms with van der Waals surface area (Å²) in [6.45, 7) is 0. The Morgan fingerprint density at radius 1 is 0.328 bits per heavy atom. The predicted octanol–water partition coefficient (Wildman–Crippen LogP) is 17.2. The van der Waals surface area contributed by atoms with Gasteiger partial charge in [-0.25, -0.2) is 0 Å². The molecular weight excluding hydrogens is 813 g/mol. The number of hydrogen-bond donors (Lipinski definition) is 0. The Labute approximate surface area is 389 Å². The van der Waals surface area contributed by atoms with Crippen molar-refractivity contribution in [2.45, 2.75) is 0 Å². The number of fused-ring (bicyclic) bond motifs is 5. The molecule has 0 saturated heterocycles. The van der Waals surface area contributed by atoms with Crippen molar-refractivity contribution >= 4 is 77.5 Å². The molecule has 67 heavy (non-hydrogen) atoms. The number of benzene rings is 11. The number of nitriles is 1. The Kier molecular flexibility index (Phi) is 9.86. The zero-order valence-electron chi connectivity index (χ0n) is 36.5. The Morgan fingerprint density at radius 3 is 1.58 bits per heavy atom. The molecule has 0 radical (unpaired) electrons. The summed E-state index contributed by atoms with van der Waals surface area (Å²) < 4.78 is 2.34. The SMILES string of the molecule is N#Cc1ccc(N(c2ccc(-c3ccc(N(c4ccc(-c5ccccc5)cc4)c4ccc5ccccc5c4)c4ccccc34)cc2)c2ccc3c(c2)c2ccccc2n3-c2ccccc2)cc1. The zero-order chi connectivity index (χ0) is 44.7. The Hall–Kier alpha value is -9.17. The first-order chi connectivity index (χ1) is 33.2. The Balaban J connectivity index is 0.962. The molecule has 4 heteroatoms. The van der Waals surface area contributed by atoms with Gasteiger partial charge in [-0.1, -0.05) is 152 Å². The highest BCUT2D eigenvalue weighted by Crippen LogP contribution is 2.45. The smallest absolute Gasteiger partial charge is 0.0991 e. The van der Waals surface area contributed by atoms with Crippen molar-refractivity contribution in [2.24, 2.45) is 0 Å². The third-order valence-corrected chi connectivity index (χ3v) is 13.0. The number of anilines is 6. The van der Waals surface area contributed by atoms with Crippen molar-refractivity contribution in [3.63, 3.8) is 0 Å². The summed E-state index contributed by atoms with van der Waals surface area (Å²) in [6.07, 6.45) is 0. The van der Waals surface area contributed by atoms with Crippen LogP contribution in [0, 0.1) is 11.3 Å². The first-order valence-electron chi connectivity index (χ1n) is 22.6. The molecule has 0 aliphatic carbocycles. The van der Waals surface area contributed by atoms with Crippen LogP contribution in [0.4, 0.5) is 34.1 Å². The highest BCUT2D eigenvalue weighted by molar-refractivity contribution is 6.11. The molecule has 0 atom stereocenters. The standard InChI is InChI=1S/C63H42N4/c64-43-44-23-30-51(31-24-44)65(55-37-39-63-60(42-55)59-21-11-12-22-61(59)67(63)50-17-5-2-6-18-50)52-34-28-48(29-35-52)56-38-40-62(58-20-10-9-19-57(56)58)66(54-36-27-46-15-7-8-16-49(46)41-54)53-32-25-47(26-33-53)45-13-3-1-4-14-45/h1-42H. The topological polar surface area (TPSA) is 35.2 Å². The summed E-state index contributed by atoms with van der Waals surface area (Å²) in [7, 11) is 0. The average molecular weight is 855 g/mol. The number of hydrogen-bond acceptors (Lipinski definition) is 3. The first-order valence-corrected chi connectivity index (χ1v) is 22.6. The monoisotopic (exact) mass is 854 g/mol. The number of rotatable bonds is 9. The molecule has 0 fully saturated rings. The molecule has 1 aromatic heterocycles. The third kappa shape index (κ3) is 7.13. The van der Waals surface area contributed by atoms with Crippen LogP contribution in [0.25, 0.3) is 71.3 Å². The lowest BCUT2D eigenvalue weighted by Crippen LogP contribution is -2.11. The molecule has 0 amide bonds. The molecule has 12 rings (SSSR count). The van der Waals surface area contributed by atoms with Gasteiger partial charge in [0, 0.05) is 50.3 Å².